The van der Waals surface area contributed by atoms with Gasteiger partial charge in [0.15, 0.2) is 0 Å². The van der Waals surface area contributed by atoms with Gasteiger partial charge in [0, 0.05) is 21.7 Å². The molecule has 0 amide bonds. The molecule has 0 bridgehead atoms. The maximum atomic E-state index is 6.28. The second-order valence-electron chi connectivity index (χ2n) is 4.53. The van der Waals surface area contributed by atoms with Gasteiger partial charge in [-0.05, 0) is 25.2 Å². The zero-order valence-corrected chi connectivity index (χ0v) is 13.0. The molecule has 1 N–H and O–H groups in total. The lowest BCUT2D eigenvalue weighted by molar-refractivity contribution is 0.286. The standard InChI is InChI=1S/C13H13Cl2N3OS/c1-17-12(9-5-4-8(14)7-10(9)15)16-18(13(17)20)11-3-2-6-19-11/h2-7,12-13,16,20H,1H3/t12-,13+/m0/s1. The van der Waals surface area contributed by atoms with Crippen molar-refractivity contribution >= 4 is 41.7 Å². The first-order chi connectivity index (χ1) is 9.58. The van der Waals surface area contributed by atoms with E-state index in [0.29, 0.717) is 15.9 Å². The highest BCUT2D eigenvalue weighted by Crippen LogP contribution is 2.35. The summed E-state index contributed by atoms with van der Waals surface area (Å²) in [7, 11) is 1.96. The van der Waals surface area contributed by atoms with Gasteiger partial charge in [0.2, 0.25) is 5.88 Å². The van der Waals surface area contributed by atoms with Crippen molar-refractivity contribution in [3.63, 3.8) is 0 Å². The number of halogens is 2. The molecule has 2 heterocycles. The average molecular weight is 330 g/mol. The molecule has 1 fully saturated rings. The van der Waals surface area contributed by atoms with Crippen molar-refractivity contribution in [1.82, 2.24) is 10.3 Å². The molecule has 106 valence electrons. The SMILES string of the molecule is CN1[C@@H](c2ccc(Cl)cc2Cl)NN(c2ccco2)[C@@H]1S. The monoisotopic (exact) mass is 329 g/mol. The molecule has 20 heavy (non-hydrogen) atoms. The van der Waals surface area contributed by atoms with Crippen molar-refractivity contribution in [3.05, 3.63) is 52.2 Å². The minimum atomic E-state index is -0.169. The summed E-state index contributed by atoms with van der Waals surface area (Å²) in [6, 6.07) is 9.17. The van der Waals surface area contributed by atoms with Crippen LogP contribution in [0, 0.1) is 0 Å². The van der Waals surface area contributed by atoms with Crippen LogP contribution in [-0.2, 0) is 0 Å². The van der Waals surface area contributed by atoms with Crippen LogP contribution < -0.4 is 10.4 Å². The number of hydrazine groups is 1. The Bertz CT molecular complexity index is 608. The van der Waals surface area contributed by atoms with Crippen LogP contribution in [0.1, 0.15) is 11.7 Å². The molecule has 1 aromatic heterocycles. The van der Waals surface area contributed by atoms with E-state index < -0.39 is 0 Å². The summed E-state index contributed by atoms with van der Waals surface area (Å²) in [6.45, 7) is 0. The highest BCUT2D eigenvalue weighted by atomic mass is 35.5. The molecule has 1 saturated heterocycles. The highest BCUT2D eigenvalue weighted by Gasteiger charge is 2.37. The minimum absolute atomic E-state index is 0.104. The van der Waals surface area contributed by atoms with Gasteiger partial charge in [0.1, 0.15) is 11.7 Å². The first kappa shape index (κ1) is 14.1. The van der Waals surface area contributed by atoms with Gasteiger partial charge in [-0.2, -0.15) is 0 Å². The number of rotatable bonds is 2. The lowest BCUT2D eigenvalue weighted by Crippen LogP contribution is -2.36. The number of furan rings is 1. The molecule has 1 aliphatic rings. The lowest BCUT2D eigenvalue weighted by Gasteiger charge is -2.21. The summed E-state index contributed by atoms with van der Waals surface area (Å²) in [5.41, 5.74) is 4.10. The largest absolute Gasteiger partial charge is 0.447 e. The summed E-state index contributed by atoms with van der Waals surface area (Å²) in [5.74, 6) is 0.699. The number of thiol groups is 1. The van der Waals surface area contributed by atoms with Gasteiger partial charge in [-0.15, -0.1) is 12.6 Å². The predicted octanol–water partition coefficient (Wildman–Crippen LogP) is 3.76. The van der Waals surface area contributed by atoms with Crippen molar-refractivity contribution in [1.29, 1.82) is 0 Å². The molecule has 2 aromatic rings. The molecule has 2 atom stereocenters. The molecule has 0 radical (unpaired) electrons. The molecule has 0 aliphatic carbocycles. The van der Waals surface area contributed by atoms with Crippen molar-refractivity contribution in [2.75, 3.05) is 12.1 Å². The van der Waals surface area contributed by atoms with E-state index in [4.69, 9.17) is 27.6 Å². The fourth-order valence-electron chi connectivity index (χ4n) is 2.20. The van der Waals surface area contributed by atoms with Gasteiger partial charge in [0.25, 0.3) is 0 Å². The Kier molecular flexibility index (Phi) is 3.88. The Labute approximate surface area is 132 Å². The minimum Gasteiger partial charge on any atom is -0.447 e. The lowest BCUT2D eigenvalue weighted by atomic mass is 10.1. The molecule has 3 rings (SSSR count). The van der Waals surface area contributed by atoms with Crippen LogP contribution in [0.15, 0.2) is 41.0 Å². The fraction of sp³-hybridized carbons (Fsp3) is 0.231. The third kappa shape index (κ3) is 2.40. The third-order valence-corrected chi connectivity index (χ3v) is 4.42. The van der Waals surface area contributed by atoms with Crippen LogP contribution in [0.2, 0.25) is 10.0 Å². The molecule has 1 aromatic carbocycles. The van der Waals surface area contributed by atoms with Gasteiger partial charge in [-0.25, -0.2) is 10.4 Å². The summed E-state index contributed by atoms with van der Waals surface area (Å²) < 4.78 is 5.40. The summed E-state index contributed by atoms with van der Waals surface area (Å²) in [5, 5.41) is 3.08. The molecule has 0 spiro atoms. The van der Waals surface area contributed by atoms with Crippen LogP contribution in [0.25, 0.3) is 0 Å². The van der Waals surface area contributed by atoms with E-state index in [9.17, 15) is 0 Å². The zero-order valence-electron chi connectivity index (χ0n) is 10.6. The molecular formula is C13H13Cl2N3OS. The van der Waals surface area contributed by atoms with Gasteiger partial charge in [-0.3, -0.25) is 4.90 Å². The van der Waals surface area contributed by atoms with Crippen molar-refractivity contribution in [2.45, 2.75) is 11.7 Å². The van der Waals surface area contributed by atoms with Gasteiger partial charge in [-0.1, -0.05) is 29.3 Å². The maximum Gasteiger partial charge on any atom is 0.211 e. The normalized spacial score (nSPS) is 23.5. The number of nitrogens with zero attached hydrogens (tertiary/aromatic N) is 2. The number of nitrogens with one attached hydrogen (secondary N) is 1. The highest BCUT2D eigenvalue weighted by molar-refractivity contribution is 7.81. The number of benzene rings is 1. The van der Waals surface area contributed by atoms with Crippen LogP contribution in [-0.4, -0.2) is 17.4 Å². The van der Waals surface area contributed by atoms with E-state index in [1.54, 1.807) is 12.3 Å². The Hall–Kier alpha value is -0.850. The fourth-order valence-corrected chi connectivity index (χ4v) is 3.03. The van der Waals surface area contributed by atoms with Crippen molar-refractivity contribution in [2.24, 2.45) is 0 Å². The Morgan fingerprint density at radius 3 is 2.75 bits per heavy atom. The Morgan fingerprint density at radius 2 is 2.10 bits per heavy atom. The second kappa shape index (κ2) is 5.50. The van der Waals surface area contributed by atoms with Gasteiger partial charge >= 0.3 is 0 Å². The summed E-state index contributed by atoms with van der Waals surface area (Å²) in [4.78, 5) is 2.04. The van der Waals surface area contributed by atoms with E-state index in [-0.39, 0.29) is 11.7 Å². The maximum absolute atomic E-state index is 6.28. The van der Waals surface area contributed by atoms with E-state index in [1.165, 1.54) is 0 Å². The van der Waals surface area contributed by atoms with Crippen LogP contribution in [0.5, 0.6) is 0 Å². The number of anilines is 1. The van der Waals surface area contributed by atoms with Gasteiger partial charge in [0.05, 0.1) is 6.26 Å². The van der Waals surface area contributed by atoms with Crippen LogP contribution in [0.3, 0.4) is 0 Å². The Balaban J connectivity index is 1.92. The quantitative estimate of drug-likeness (QED) is 0.821. The Morgan fingerprint density at radius 1 is 1.30 bits per heavy atom. The third-order valence-electron chi connectivity index (χ3n) is 3.26. The van der Waals surface area contributed by atoms with E-state index in [0.717, 1.165) is 5.56 Å². The van der Waals surface area contributed by atoms with Gasteiger partial charge < -0.3 is 4.42 Å². The zero-order chi connectivity index (χ0) is 14.3. The van der Waals surface area contributed by atoms with E-state index in [1.807, 2.05) is 41.2 Å². The topological polar surface area (TPSA) is 31.6 Å². The first-order valence-corrected chi connectivity index (χ1v) is 7.29. The second-order valence-corrected chi connectivity index (χ2v) is 5.84. The van der Waals surface area contributed by atoms with Crippen LogP contribution >= 0.6 is 35.8 Å². The molecule has 1 aliphatic heterocycles. The first-order valence-electron chi connectivity index (χ1n) is 6.02. The predicted molar refractivity (Wildman–Crippen MR) is 84.1 cm³/mol. The molecule has 0 saturated carbocycles. The summed E-state index contributed by atoms with van der Waals surface area (Å²) in [6.07, 6.45) is 1.52. The van der Waals surface area contributed by atoms with Crippen molar-refractivity contribution < 1.29 is 4.42 Å². The molecule has 7 heteroatoms. The van der Waals surface area contributed by atoms with E-state index >= 15 is 0 Å². The van der Waals surface area contributed by atoms with E-state index in [2.05, 4.69) is 18.1 Å². The average Bonchev–Trinajstić information content (AvgIpc) is 3.01. The smallest absolute Gasteiger partial charge is 0.211 e. The van der Waals surface area contributed by atoms with Crippen molar-refractivity contribution in [3.8, 4) is 0 Å². The number of hydrogen-bond donors (Lipinski definition) is 2. The summed E-state index contributed by atoms with van der Waals surface area (Å²) >= 11 is 16.8. The number of hydrogen-bond acceptors (Lipinski definition) is 5. The molecule has 0 unspecified atom stereocenters. The molecular weight excluding hydrogens is 317 g/mol. The van der Waals surface area contributed by atoms with Crippen LogP contribution in [0.4, 0.5) is 5.88 Å². The molecule has 4 nitrogen and oxygen atoms in total.